The van der Waals surface area contributed by atoms with Crippen LogP contribution in [-0.4, -0.2) is 48.2 Å². The molecule has 3 rings (SSSR count). The fourth-order valence-corrected chi connectivity index (χ4v) is 3.11. The number of ether oxygens (including phenoxy) is 2. The molecule has 25 heavy (non-hydrogen) atoms. The van der Waals surface area contributed by atoms with E-state index < -0.39 is 0 Å². The molecule has 0 aliphatic carbocycles. The lowest BCUT2D eigenvalue weighted by molar-refractivity contribution is -0.119. The van der Waals surface area contributed by atoms with Crippen LogP contribution < -0.4 is 10.1 Å². The summed E-state index contributed by atoms with van der Waals surface area (Å²) in [5.41, 5.74) is 1.05. The molecule has 1 fully saturated rings. The third-order valence-corrected chi connectivity index (χ3v) is 4.66. The van der Waals surface area contributed by atoms with Gasteiger partial charge in [-0.3, -0.25) is 4.79 Å². The second kappa shape index (κ2) is 8.87. The van der Waals surface area contributed by atoms with Crippen LogP contribution in [0.15, 0.2) is 33.9 Å². The summed E-state index contributed by atoms with van der Waals surface area (Å²) in [5, 5.41) is 11.3. The zero-order valence-electron chi connectivity index (χ0n) is 14.1. The Morgan fingerprint density at radius 3 is 2.92 bits per heavy atom. The van der Waals surface area contributed by atoms with Gasteiger partial charge in [0.2, 0.25) is 11.8 Å². The van der Waals surface area contributed by atoms with Crippen LogP contribution >= 0.6 is 11.8 Å². The highest BCUT2D eigenvalue weighted by Gasteiger charge is 2.16. The predicted molar refractivity (Wildman–Crippen MR) is 92.8 cm³/mol. The van der Waals surface area contributed by atoms with Gasteiger partial charge in [0.1, 0.15) is 5.75 Å². The zero-order valence-corrected chi connectivity index (χ0v) is 14.9. The summed E-state index contributed by atoms with van der Waals surface area (Å²) in [7, 11) is 1.63. The van der Waals surface area contributed by atoms with Gasteiger partial charge in [0.15, 0.2) is 0 Å². The van der Waals surface area contributed by atoms with Crippen molar-refractivity contribution < 1.29 is 18.7 Å². The first-order chi connectivity index (χ1) is 12.2. The minimum atomic E-state index is -0.0598. The molecule has 2 heterocycles. The Hall–Kier alpha value is -2.06. The van der Waals surface area contributed by atoms with Crippen molar-refractivity contribution in [3.05, 3.63) is 35.7 Å². The summed E-state index contributed by atoms with van der Waals surface area (Å²) >= 11 is 1.24. The normalized spacial score (nSPS) is 16.8. The number of nitrogens with one attached hydrogen (secondary N) is 1. The van der Waals surface area contributed by atoms with E-state index in [-0.39, 0.29) is 17.8 Å². The Kier molecular flexibility index (Phi) is 6.30. The summed E-state index contributed by atoms with van der Waals surface area (Å²) in [4.78, 5) is 11.8. The van der Waals surface area contributed by atoms with Crippen LogP contribution in [0.25, 0.3) is 0 Å². The van der Waals surface area contributed by atoms with Gasteiger partial charge >= 0.3 is 0 Å². The van der Waals surface area contributed by atoms with Crippen molar-refractivity contribution in [2.75, 3.05) is 26.0 Å². The van der Waals surface area contributed by atoms with E-state index in [1.807, 2.05) is 24.3 Å². The monoisotopic (exact) mass is 363 g/mol. The lowest BCUT2D eigenvalue weighted by atomic mass is 10.1. The quantitative estimate of drug-likeness (QED) is 0.718. The highest BCUT2D eigenvalue weighted by molar-refractivity contribution is 7.99. The maximum Gasteiger partial charge on any atom is 0.277 e. The smallest absolute Gasteiger partial charge is 0.277 e. The topological polar surface area (TPSA) is 86.5 Å². The van der Waals surface area contributed by atoms with Crippen LogP contribution in [0.3, 0.4) is 0 Å². The standard InChI is InChI=1S/C17H21N3O4S/c1-22-13-6-4-12(5-7-13)9-16-19-20-17(24-16)25-11-15(21)18-10-14-3-2-8-23-14/h4-7,14H,2-3,8-11H2,1H3,(H,18,21)/t14-/m0/s1. The van der Waals surface area contributed by atoms with Crippen molar-refractivity contribution >= 4 is 17.7 Å². The Bertz CT molecular complexity index is 683. The number of carbonyl (C=O) groups is 1. The van der Waals surface area contributed by atoms with Gasteiger partial charge in [-0.1, -0.05) is 23.9 Å². The molecular weight excluding hydrogens is 342 g/mol. The molecule has 1 saturated heterocycles. The Morgan fingerprint density at radius 2 is 2.20 bits per heavy atom. The third-order valence-electron chi connectivity index (χ3n) is 3.84. The molecule has 134 valence electrons. The number of carbonyl (C=O) groups excluding carboxylic acids is 1. The molecule has 2 aromatic rings. The molecule has 1 atom stereocenters. The molecule has 1 aromatic heterocycles. The molecule has 8 heteroatoms. The number of amides is 1. The summed E-state index contributed by atoms with van der Waals surface area (Å²) in [6.07, 6.45) is 2.76. The maximum absolute atomic E-state index is 11.8. The highest BCUT2D eigenvalue weighted by atomic mass is 32.2. The van der Waals surface area contributed by atoms with E-state index in [1.165, 1.54) is 11.8 Å². The summed E-state index contributed by atoms with van der Waals surface area (Å²) < 4.78 is 16.2. The Morgan fingerprint density at radius 1 is 1.36 bits per heavy atom. The largest absolute Gasteiger partial charge is 0.497 e. The summed E-state index contributed by atoms with van der Waals surface area (Å²) in [6.45, 7) is 1.35. The Balaban J connectivity index is 1.42. The van der Waals surface area contributed by atoms with Crippen molar-refractivity contribution in [1.29, 1.82) is 0 Å². The van der Waals surface area contributed by atoms with Gasteiger partial charge in [-0.05, 0) is 30.5 Å². The maximum atomic E-state index is 11.8. The fourth-order valence-electron chi connectivity index (χ4n) is 2.50. The molecule has 1 amide bonds. The molecule has 7 nitrogen and oxygen atoms in total. The minimum Gasteiger partial charge on any atom is -0.497 e. The molecule has 0 spiro atoms. The molecule has 0 bridgehead atoms. The first-order valence-electron chi connectivity index (χ1n) is 8.19. The van der Waals surface area contributed by atoms with E-state index in [2.05, 4.69) is 15.5 Å². The average Bonchev–Trinajstić information content (AvgIpc) is 3.31. The number of benzene rings is 1. The SMILES string of the molecule is COc1ccc(Cc2nnc(SCC(=O)NC[C@@H]3CCCO3)o2)cc1. The second-order valence-corrected chi connectivity index (χ2v) is 6.64. The van der Waals surface area contributed by atoms with Crippen LogP contribution in [0.4, 0.5) is 0 Å². The van der Waals surface area contributed by atoms with E-state index in [4.69, 9.17) is 13.9 Å². The fraction of sp³-hybridized carbons (Fsp3) is 0.471. The lowest BCUT2D eigenvalue weighted by Gasteiger charge is -2.09. The highest BCUT2D eigenvalue weighted by Crippen LogP contribution is 2.19. The van der Waals surface area contributed by atoms with Crippen LogP contribution in [-0.2, 0) is 16.0 Å². The van der Waals surface area contributed by atoms with Gasteiger partial charge in [-0.2, -0.15) is 0 Å². The first kappa shape index (κ1) is 17.8. The predicted octanol–water partition coefficient (Wildman–Crippen LogP) is 2.06. The molecule has 1 aliphatic rings. The van der Waals surface area contributed by atoms with Gasteiger partial charge in [0, 0.05) is 13.2 Å². The molecule has 1 aliphatic heterocycles. The van der Waals surface area contributed by atoms with Gasteiger partial charge in [-0.15, -0.1) is 10.2 Å². The molecule has 1 aromatic carbocycles. The van der Waals surface area contributed by atoms with Gasteiger partial charge in [0.25, 0.3) is 5.22 Å². The molecule has 1 N–H and O–H groups in total. The van der Waals surface area contributed by atoms with Crippen LogP contribution in [0.5, 0.6) is 5.75 Å². The number of rotatable bonds is 8. The van der Waals surface area contributed by atoms with Crippen LogP contribution in [0.1, 0.15) is 24.3 Å². The minimum absolute atomic E-state index is 0.0598. The van der Waals surface area contributed by atoms with Gasteiger partial charge in [-0.25, -0.2) is 0 Å². The average molecular weight is 363 g/mol. The molecule has 0 radical (unpaired) electrons. The van der Waals surface area contributed by atoms with E-state index >= 15 is 0 Å². The number of aromatic nitrogens is 2. The first-order valence-corrected chi connectivity index (χ1v) is 9.18. The van der Waals surface area contributed by atoms with Gasteiger partial charge in [0.05, 0.1) is 25.4 Å². The number of hydrogen-bond acceptors (Lipinski definition) is 7. The zero-order chi connectivity index (χ0) is 17.5. The van der Waals surface area contributed by atoms with E-state index in [0.717, 1.165) is 30.8 Å². The molecule has 0 saturated carbocycles. The van der Waals surface area contributed by atoms with Crippen molar-refractivity contribution in [1.82, 2.24) is 15.5 Å². The van der Waals surface area contributed by atoms with Crippen molar-refractivity contribution in [3.8, 4) is 5.75 Å². The van der Waals surface area contributed by atoms with Crippen LogP contribution in [0.2, 0.25) is 0 Å². The number of hydrogen-bond donors (Lipinski definition) is 1. The molecular formula is C17H21N3O4S. The molecule has 0 unspecified atom stereocenters. The summed E-state index contributed by atoms with van der Waals surface area (Å²) in [5.74, 6) is 1.51. The number of thioether (sulfide) groups is 1. The van der Waals surface area contributed by atoms with E-state index in [1.54, 1.807) is 7.11 Å². The Labute approximate surface area is 150 Å². The van der Waals surface area contributed by atoms with Crippen molar-refractivity contribution in [3.63, 3.8) is 0 Å². The van der Waals surface area contributed by atoms with E-state index in [0.29, 0.717) is 24.1 Å². The summed E-state index contributed by atoms with van der Waals surface area (Å²) in [6, 6.07) is 7.68. The van der Waals surface area contributed by atoms with Crippen molar-refractivity contribution in [2.24, 2.45) is 0 Å². The lowest BCUT2D eigenvalue weighted by Crippen LogP contribution is -2.32. The number of nitrogens with zero attached hydrogens (tertiary/aromatic N) is 2. The van der Waals surface area contributed by atoms with Crippen molar-refractivity contribution in [2.45, 2.75) is 30.6 Å². The van der Waals surface area contributed by atoms with Crippen LogP contribution in [0, 0.1) is 0 Å². The third kappa shape index (κ3) is 5.47. The van der Waals surface area contributed by atoms with Gasteiger partial charge < -0.3 is 19.2 Å². The number of methoxy groups -OCH3 is 1. The second-order valence-electron chi connectivity index (χ2n) is 5.71. The van der Waals surface area contributed by atoms with E-state index in [9.17, 15) is 4.79 Å².